The van der Waals surface area contributed by atoms with E-state index in [9.17, 15) is 18.7 Å². The number of esters is 1. The Labute approximate surface area is 187 Å². The van der Waals surface area contributed by atoms with Gasteiger partial charge in [-0.25, -0.2) is 18.6 Å². The highest BCUT2D eigenvalue weighted by molar-refractivity contribution is 5.96. The lowest BCUT2D eigenvalue weighted by molar-refractivity contribution is -0.246. The van der Waals surface area contributed by atoms with Crippen molar-refractivity contribution >= 4 is 17.5 Å². The molecule has 3 rings (SSSR count). The maximum atomic E-state index is 14.3. The minimum atomic E-state index is -0.994. The van der Waals surface area contributed by atoms with Crippen LogP contribution in [0.15, 0.2) is 24.3 Å². The molecular weight excluding hydrogens is 416 g/mol. The number of halogens is 2. The van der Waals surface area contributed by atoms with Crippen LogP contribution in [-0.4, -0.2) is 28.3 Å². The Morgan fingerprint density at radius 2 is 1.75 bits per heavy atom. The number of hydrogen-bond acceptors (Lipinski definition) is 6. The molecule has 0 aliphatic heterocycles. The van der Waals surface area contributed by atoms with Gasteiger partial charge in [0.25, 0.3) is 0 Å². The molecule has 1 fully saturated rings. The van der Waals surface area contributed by atoms with E-state index in [4.69, 9.17) is 10.00 Å². The monoisotopic (exact) mass is 445 g/mol. The molecule has 0 saturated heterocycles. The summed E-state index contributed by atoms with van der Waals surface area (Å²) >= 11 is 0. The van der Waals surface area contributed by atoms with Crippen LogP contribution in [0, 0.1) is 40.7 Å². The van der Waals surface area contributed by atoms with E-state index in [0.29, 0.717) is 5.56 Å². The Morgan fingerprint density at radius 1 is 1.16 bits per heavy atom. The van der Waals surface area contributed by atoms with Gasteiger partial charge in [0, 0.05) is 10.8 Å². The number of benzene rings is 1. The zero-order valence-corrected chi connectivity index (χ0v) is 19.4. The molecule has 1 heterocycles. The molecule has 6 nitrogen and oxygen atoms in total. The second-order valence-corrected chi connectivity index (χ2v) is 8.77. The van der Waals surface area contributed by atoms with Crippen LogP contribution in [-0.2, 0) is 4.74 Å². The Kier molecular flexibility index (Phi) is 7.26. The fourth-order valence-electron chi connectivity index (χ4n) is 4.25. The number of nitrogens with zero attached hydrogens (tertiary/aromatic N) is 2. The number of aryl methyl sites for hydroxylation is 1. The van der Waals surface area contributed by atoms with Gasteiger partial charge in [-0.2, -0.15) is 5.26 Å². The normalized spacial score (nSPS) is 20.2. The third kappa shape index (κ3) is 4.44. The molecule has 2 N–H and O–H groups in total. The lowest BCUT2D eigenvalue weighted by Gasteiger charge is -2.60. The summed E-state index contributed by atoms with van der Waals surface area (Å²) in [6, 6.07) is 6.84. The van der Waals surface area contributed by atoms with Crippen molar-refractivity contribution in [3.8, 4) is 6.07 Å². The molecule has 1 saturated carbocycles. The molecule has 0 amide bonds. The molecule has 1 aromatic carbocycles. The summed E-state index contributed by atoms with van der Waals surface area (Å²) in [5.41, 5.74) is -1.52. The van der Waals surface area contributed by atoms with E-state index >= 15 is 0 Å². The number of rotatable bonds is 4. The van der Waals surface area contributed by atoms with Crippen LogP contribution in [0.5, 0.6) is 0 Å². The standard InChI is InChI=1S/C22H23F2N3O3.C2H6/c1-11-6-7-15(13(23)8-11)26-17-12(9-14(24)16(10-25)27-17)18(28)30-20-21(2,3)19(29)22(20,4)5;1-2/h6-9,19-20,29H,1-5H3,(H,26,27);1-2H3. The van der Waals surface area contributed by atoms with Crippen molar-refractivity contribution in [1.29, 1.82) is 5.26 Å². The van der Waals surface area contributed by atoms with Crippen LogP contribution >= 0.6 is 0 Å². The molecule has 172 valence electrons. The molecule has 1 aromatic heterocycles. The molecular formula is C24H29F2N3O3. The number of aromatic nitrogens is 1. The number of hydrogen-bond donors (Lipinski definition) is 2. The number of aliphatic hydroxyl groups is 1. The molecule has 0 radical (unpaired) electrons. The second-order valence-electron chi connectivity index (χ2n) is 8.77. The van der Waals surface area contributed by atoms with E-state index in [1.807, 2.05) is 13.8 Å². The third-order valence-electron chi connectivity index (χ3n) is 5.67. The molecule has 8 heteroatoms. The first-order chi connectivity index (χ1) is 14.9. The highest BCUT2D eigenvalue weighted by Gasteiger charge is 2.63. The summed E-state index contributed by atoms with van der Waals surface area (Å²) < 4.78 is 34.1. The summed E-state index contributed by atoms with van der Waals surface area (Å²) in [5, 5.41) is 22.1. The van der Waals surface area contributed by atoms with Gasteiger partial charge in [-0.1, -0.05) is 47.6 Å². The van der Waals surface area contributed by atoms with Gasteiger partial charge in [-0.15, -0.1) is 0 Å². The van der Waals surface area contributed by atoms with Gasteiger partial charge in [0.2, 0.25) is 0 Å². The van der Waals surface area contributed by atoms with E-state index in [0.717, 1.165) is 6.07 Å². The maximum absolute atomic E-state index is 14.3. The summed E-state index contributed by atoms with van der Waals surface area (Å²) in [6.45, 7) is 12.8. The smallest absolute Gasteiger partial charge is 0.342 e. The second kappa shape index (κ2) is 9.21. The van der Waals surface area contributed by atoms with Crippen LogP contribution in [0.2, 0.25) is 0 Å². The number of pyridine rings is 1. The highest BCUT2D eigenvalue weighted by atomic mass is 19.1. The number of aliphatic hydroxyl groups excluding tert-OH is 1. The van der Waals surface area contributed by atoms with Crippen molar-refractivity contribution in [3.05, 3.63) is 52.7 Å². The van der Waals surface area contributed by atoms with Gasteiger partial charge >= 0.3 is 5.97 Å². The summed E-state index contributed by atoms with van der Waals surface area (Å²) in [7, 11) is 0. The number of carbonyl (C=O) groups is 1. The lowest BCUT2D eigenvalue weighted by atomic mass is 9.51. The number of carbonyl (C=O) groups excluding carboxylic acids is 1. The van der Waals surface area contributed by atoms with E-state index in [2.05, 4.69) is 10.3 Å². The van der Waals surface area contributed by atoms with Gasteiger partial charge in [0.1, 0.15) is 29.4 Å². The summed E-state index contributed by atoms with van der Waals surface area (Å²) in [6.07, 6.45) is -1.34. The fourth-order valence-corrected chi connectivity index (χ4v) is 4.25. The average Bonchev–Trinajstić information content (AvgIpc) is 2.75. The predicted molar refractivity (Wildman–Crippen MR) is 117 cm³/mol. The molecule has 0 bridgehead atoms. The first-order valence-electron chi connectivity index (χ1n) is 10.4. The minimum absolute atomic E-state index is 0.0115. The third-order valence-corrected chi connectivity index (χ3v) is 5.67. The van der Waals surface area contributed by atoms with Crippen molar-refractivity contribution in [2.45, 2.75) is 60.7 Å². The van der Waals surface area contributed by atoms with E-state index in [1.54, 1.807) is 46.8 Å². The van der Waals surface area contributed by atoms with Crippen molar-refractivity contribution in [2.24, 2.45) is 10.8 Å². The van der Waals surface area contributed by atoms with E-state index in [-0.39, 0.29) is 17.1 Å². The molecule has 32 heavy (non-hydrogen) atoms. The Morgan fingerprint density at radius 3 is 2.28 bits per heavy atom. The largest absolute Gasteiger partial charge is 0.457 e. The van der Waals surface area contributed by atoms with E-state index in [1.165, 1.54) is 12.1 Å². The van der Waals surface area contributed by atoms with E-state index < -0.39 is 46.3 Å². The Hall–Kier alpha value is -3.05. The molecule has 0 atom stereocenters. The highest BCUT2D eigenvalue weighted by Crippen LogP contribution is 2.55. The first-order valence-corrected chi connectivity index (χ1v) is 10.4. The Balaban J connectivity index is 0.00000176. The van der Waals surface area contributed by atoms with Crippen LogP contribution < -0.4 is 5.32 Å². The molecule has 1 aliphatic carbocycles. The number of nitriles is 1. The van der Waals surface area contributed by atoms with Gasteiger partial charge in [0.15, 0.2) is 11.5 Å². The molecule has 1 aliphatic rings. The van der Waals surface area contributed by atoms with Crippen LogP contribution in [0.4, 0.5) is 20.3 Å². The van der Waals surface area contributed by atoms with Crippen molar-refractivity contribution < 1.29 is 23.4 Å². The topological polar surface area (TPSA) is 95.2 Å². The number of ether oxygens (including phenoxy) is 1. The minimum Gasteiger partial charge on any atom is -0.457 e. The molecule has 0 spiro atoms. The predicted octanol–water partition coefficient (Wildman–Crippen LogP) is 5.26. The summed E-state index contributed by atoms with van der Waals surface area (Å²) in [5.74, 6) is -2.68. The quantitative estimate of drug-likeness (QED) is 0.623. The maximum Gasteiger partial charge on any atom is 0.342 e. The summed E-state index contributed by atoms with van der Waals surface area (Å²) in [4.78, 5) is 16.8. The van der Waals surface area contributed by atoms with Gasteiger partial charge in [-0.05, 0) is 30.7 Å². The van der Waals surface area contributed by atoms with Crippen LogP contribution in [0.25, 0.3) is 0 Å². The van der Waals surface area contributed by atoms with Gasteiger partial charge < -0.3 is 15.2 Å². The SMILES string of the molecule is CC.Cc1ccc(Nc2nc(C#N)c(F)cc2C(=O)OC2C(C)(C)C(O)C2(C)C)c(F)c1. The Bertz CT molecular complexity index is 1050. The van der Waals surface area contributed by atoms with Crippen molar-refractivity contribution in [3.63, 3.8) is 0 Å². The van der Waals surface area contributed by atoms with Crippen molar-refractivity contribution in [1.82, 2.24) is 4.98 Å². The zero-order chi connectivity index (χ0) is 24.4. The first kappa shape index (κ1) is 25.2. The van der Waals surface area contributed by atoms with Crippen LogP contribution in [0.3, 0.4) is 0 Å². The van der Waals surface area contributed by atoms with Crippen LogP contribution in [0.1, 0.15) is 63.2 Å². The number of anilines is 2. The fraction of sp³-hybridized carbons (Fsp3) is 0.458. The van der Waals surface area contributed by atoms with Crippen molar-refractivity contribution in [2.75, 3.05) is 5.32 Å². The van der Waals surface area contributed by atoms with Gasteiger partial charge in [-0.3, -0.25) is 0 Å². The number of nitrogens with one attached hydrogen (secondary N) is 1. The molecule has 2 aromatic rings. The van der Waals surface area contributed by atoms with Gasteiger partial charge in [0.05, 0.1) is 11.8 Å². The molecule has 0 unspecified atom stereocenters. The zero-order valence-electron chi connectivity index (χ0n) is 19.4. The average molecular weight is 446 g/mol. The lowest BCUT2D eigenvalue weighted by Crippen LogP contribution is -2.68.